The molecule has 0 aliphatic rings. The van der Waals surface area contributed by atoms with E-state index in [9.17, 15) is 9.50 Å². The van der Waals surface area contributed by atoms with Gasteiger partial charge in [0.1, 0.15) is 11.9 Å². The van der Waals surface area contributed by atoms with Crippen LogP contribution in [0.5, 0.6) is 0 Å². The van der Waals surface area contributed by atoms with Gasteiger partial charge < -0.3 is 9.52 Å². The van der Waals surface area contributed by atoms with Crippen molar-refractivity contribution in [1.82, 2.24) is 0 Å². The average Bonchev–Trinajstić information content (AvgIpc) is 2.93. The largest absolute Gasteiger partial charge is 0.455 e. The van der Waals surface area contributed by atoms with Gasteiger partial charge in [-0.25, -0.2) is 4.39 Å². The van der Waals surface area contributed by atoms with Gasteiger partial charge in [0.25, 0.3) is 0 Å². The van der Waals surface area contributed by atoms with E-state index < -0.39 is 11.9 Å². The van der Waals surface area contributed by atoms with Crippen molar-refractivity contribution in [3.05, 3.63) is 55.0 Å². The van der Waals surface area contributed by atoms with Crippen LogP contribution in [0.1, 0.15) is 17.4 Å². The van der Waals surface area contributed by atoms with Crippen molar-refractivity contribution in [2.75, 3.05) is 0 Å². The number of furan rings is 1. The first-order valence-corrected chi connectivity index (χ1v) is 7.77. The van der Waals surface area contributed by atoms with Gasteiger partial charge in [0.15, 0.2) is 11.4 Å². The monoisotopic (exact) mass is 404 g/mol. The minimum Gasteiger partial charge on any atom is -0.455 e. The summed E-state index contributed by atoms with van der Waals surface area (Å²) in [5, 5.41) is 11.0. The third kappa shape index (κ3) is 2.38. The van der Waals surface area contributed by atoms with E-state index >= 15 is 0 Å². The molecular formula is C13H7Br2FO2S. The molecule has 0 saturated heterocycles. The topological polar surface area (TPSA) is 33.4 Å². The first-order chi connectivity index (χ1) is 9.06. The quantitative estimate of drug-likeness (QED) is 0.632. The minimum atomic E-state index is -0.927. The van der Waals surface area contributed by atoms with Crippen LogP contribution in [0.25, 0.3) is 11.0 Å². The number of rotatable bonds is 2. The molecule has 0 amide bonds. The van der Waals surface area contributed by atoms with Crippen LogP contribution in [0.3, 0.4) is 0 Å². The van der Waals surface area contributed by atoms with Crippen molar-refractivity contribution in [3.8, 4) is 0 Å². The number of hydrogen-bond acceptors (Lipinski definition) is 3. The lowest BCUT2D eigenvalue weighted by atomic mass is 10.1. The Morgan fingerprint density at radius 3 is 2.68 bits per heavy atom. The number of hydrogen-bond donors (Lipinski definition) is 1. The highest BCUT2D eigenvalue weighted by Gasteiger charge is 2.21. The normalized spacial score (nSPS) is 13.1. The lowest BCUT2D eigenvalue weighted by molar-refractivity contribution is 0.191. The summed E-state index contributed by atoms with van der Waals surface area (Å²) in [6.07, 6.45) is -0.927. The van der Waals surface area contributed by atoms with E-state index in [-0.39, 0.29) is 5.58 Å². The smallest absolute Gasteiger partial charge is 0.170 e. The first kappa shape index (κ1) is 13.3. The van der Waals surface area contributed by atoms with E-state index in [2.05, 4.69) is 31.9 Å². The number of fused-ring (bicyclic) bond motifs is 1. The maximum atomic E-state index is 13.6. The molecule has 0 spiro atoms. The zero-order valence-corrected chi connectivity index (χ0v) is 13.4. The number of aliphatic hydroxyl groups is 1. The third-order valence-corrected chi connectivity index (χ3v) is 5.15. The zero-order valence-electron chi connectivity index (χ0n) is 9.36. The predicted octanol–water partition coefficient (Wildman–Crippen LogP) is 5.24. The molecule has 2 aromatic heterocycles. The fraction of sp³-hybridized carbons (Fsp3) is 0.0769. The van der Waals surface area contributed by atoms with E-state index in [1.54, 1.807) is 18.2 Å². The van der Waals surface area contributed by atoms with Gasteiger partial charge in [0.05, 0.1) is 7.57 Å². The summed E-state index contributed by atoms with van der Waals surface area (Å²) in [5.41, 5.74) is 0.860. The second-order valence-corrected chi connectivity index (χ2v) is 7.74. The number of thiophene rings is 1. The van der Waals surface area contributed by atoms with E-state index in [0.717, 1.165) is 7.57 Å². The van der Waals surface area contributed by atoms with Crippen LogP contribution in [0.4, 0.5) is 4.39 Å². The second kappa shape index (κ2) is 5.01. The summed E-state index contributed by atoms with van der Waals surface area (Å²) in [6, 6.07) is 8.15. The van der Waals surface area contributed by atoms with Crippen molar-refractivity contribution in [3.63, 3.8) is 0 Å². The van der Waals surface area contributed by atoms with Crippen LogP contribution in [0.2, 0.25) is 0 Å². The second-order valence-electron chi connectivity index (χ2n) is 3.99. The van der Waals surface area contributed by atoms with Gasteiger partial charge in [-0.1, -0.05) is 12.1 Å². The maximum absolute atomic E-state index is 13.6. The molecule has 2 nitrogen and oxygen atoms in total. The minimum absolute atomic E-state index is 0.168. The molecule has 19 heavy (non-hydrogen) atoms. The van der Waals surface area contributed by atoms with Crippen LogP contribution in [0, 0.1) is 5.82 Å². The Morgan fingerprint density at radius 1 is 1.26 bits per heavy atom. The number of benzene rings is 1. The highest BCUT2D eigenvalue weighted by atomic mass is 79.9. The third-order valence-electron chi connectivity index (χ3n) is 2.76. The Kier molecular flexibility index (Phi) is 3.51. The molecular weight excluding hydrogens is 399 g/mol. The molecule has 1 unspecified atom stereocenters. The van der Waals surface area contributed by atoms with Gasteiger partial charge in [0.2, 0.25) is 0 Å². The Hall–Kier alpha value is -0.690. The summed E-state index contributed by atoms with van der Waals surface area (Å²) in [7, 11) is 0. The first-order valence-electron chi connectivity index (χ1n) is 5.37. The summed E-state index contributed by atoms with van der Waals surface area (Å²) in [6.45, 7) is 0. The summed E-state index contributed by atoms with van der Waals surface area (Å²) >= 11 is 8.20. The maximum Gasteiger partial charge on any atom is 0.170 e. The van der Waals surface area contributed by atoms with Gasteiger partial charge in [0, 0.05) is 10.9 Å². The van der Waals surface area contributed by atoms with Gasteiger partial charge in [-0.3, -0.25) is 0 Å². The molecule has 2 heterocycles. The zero-order chi connectivity index (χ0) is 13.6. The molecule has 1 aromatic carbocycles. The molecule has 1 atom stereocenters. The predicted molar refractivity (Wildman–Crippen MR) is 80.0 cm³/mol. The molecule has 0 aliphatic carbocycles. The Labute approximate surface area is 129 Å². The Morgan fingerprint density at radius 2 is 2.05 bits per heavy atom. The van der Waals surface area contributed by atoms with E-state index in [1.807, 2.05) is 6.07 Å². The van der Waals surface area contributed by atoms with Crippen molar-refractivity contribution >= 4 is 54.2 Å². The van der Waals surface area contributed by atoms with Gasteiger partial charge in [-0.2, -0.15) is 0 Å². The van der Waals surface area contributed by atoms with E-state index in [0.29, 0.717) is 16.7 Å². The molecule has 0 saturated carbocycles. The van der Waals surface area contributed by atoms with Crippen LogP contribution in [-0.4, -0.2) is 5.11 Å². The molecule has 0 fully saturated rings. The average molecular weight is 406 g/mol. The fourth-order valence-electron chi connectivity index (χ4n) is 1.87. The van der Waals surface area contributed by atoms with Crippen LogP contribution >= 0.6 is 43.2 Å². The molecule has 0 bridgehead atoms. The van der Waals surface area contributed by atoms with Crippen molar-refractivity contribution in [1.29, 1.82) is 0 Å². The molecule has 98 valence electrons. The summed E-state index contributed by atoms with van der Waals surface area (Å²) in [4.78, 5) is 0. The van der Waals surface area contributed by atoms with Crippen molar-refractivity contribution in [2.24, 2.45) is 0 Å². The molecule has 0 radical (unpaired) electrons. The van der Waals surface area contributed by atoms with Gasteiger partial charge in [-0.05, 0) is 50.1 Å². The molecule has 1 N–H and O–H groups in total. The Balaban J connectivity index is 2.09. The van der Waals surface area contributed by atoms with Crippen molar-refractivity contribution < 1.29 is 13.9 Å². The summed E-state index contributed by atoms with van der Waals surface area (Å²) < 4.78 is 20.7. The standard InChI is InChI=1S/C13H7Br2FO2S/c14-10-5-7(13(15)19-10)11(17)9-4-6-2-1-3-8(16)12(6)18-9/h1-5,11,17H. The molecule has 3 aromatic rings. The SMILES string of the molecule is OC(c1cc2cccc(F)c2o1)c1cc(Br)sc1Br. The van der Waals surface area contributed by atoms with Crippen molar-refractivity contribution in [2.45, 2.75) is 6.10 Å². The molecule has 0 aliphatic heterocycles. The number of halogens is 3. The lowest BCUT2D eigenvalue weighted by Crippen LogP contribution is -1.96. The number of aliphatic hydroxyl groups excluding tert-OH is 1. The fourth-order valence-corrected chi connectivity index (χ4v) is 4.76. The van der Waals surface area contributed by atoms with Crippen LogP contribution < -0.4 is 0 Å². The van der Waals surface area contributed by atoms with Crippen LogP contribution in [-0.2, 0) is 0 Å². The molecule has 6 heteroatoms. The van der Waals surface area contributed by atoms with Gasteiger partial charge in [-0.15, -0.1) is 11.3 Å². The summed E-state index contributed by atoms with van der Waals surface area (Å²) in [5.74, 6) is -0.104. The Bertz CT molecular complexity index is 750. The van der Waals surface area contributed by atoms with Gasteiger partial charge >= 0.3 is 0 Å². The highest BCUT2D eigenvalue weighted by Crippen LogP contribution is 2.39. The lowest BCUT2D eigenvalue weighted by Gasteiger charge is -2.05. The van der Waals surface area contributed by atoms with E-state index in [4.69, 9.17) is 4.42 Å². The number of para-hydroxylation sites is 1. The van der Waals surface area contributed by atoms with E-state index in [1.165, 1.54) is 17.4 Å². The molecule has 3 rings (SSSR count). The highest BCUT2D eigenvalue weighted by molar-refractivity contribution is 9.12. The van der Waals surface area contributed by atoms with Crippen LogP contribution in [0.15, 0.2) is 42.3 Å².